The standard InChI is InChI=1S/C24H23N3O6S/c1-29-16-8-10-19(30-2)17(13-16)27-23(21-6-5-11-33-21)25-26-24(27)34-14-18(28)15-7-9-20(31-3)22(12-15)32-4/h5-13H,14H2,1-4H3. The predicted octanol–water partition coefficient (Wildman–Crippen LogP) is 4.54. The number of benzene rings is 2. The van der Waals surface area contributed by atoms with E-state index in [0.29, 0.717) is 51.0 Å². The molecule has 0 aliphatic rings. The molecule has 0 saturated heterocycles. The third kappa shape index (κ3) is 4.58. The van der Waals surface area contributed by atoms with Crippen LogP contribution in [0.1, 0.15) is 10.4 Å². The molecule has 0 amide bonds. The molecule has 0 saturated carbocycles. The van der Waals surface area contributed by atoms with Crippen molar-refractivity contribution in [3.63, 3.8) is 0 Å². The highest BCUT2D eigenvalue weighted by Crippen LogP contribution is 2.35. The van der Waals surface area contributed by atoms with Gasteiger partial charge in [-0.25, -0.2) is 0 Å². The molecule has 2 heterocycles. The number of carbonyl (C=O) groups is 1. The molecule has 2 aromatic heterocycles. The quantitative estimate of drug-likeness (QED) is 0.239. The Labute approximate surface area is 200 Å². The van der Waals surface area contributed by atoms with E-state index in [1.807, 2.05) is 6.07 Å². The van der Waals surface area contributed by atoms with Gasteiger partial charge in [-0.1, -0.05) is 11.8 Å². The van der Waals surface area contributed by atoms with Crippen molar-refractivity contribution in [1.29, 1.82) is 0 Å². The zero-order valence-corrected chi connectivity index (χ0v) is 19.9. The monoisotopic (exact) mass is 481 g/mol. The van der Waals surface area contributed by atoms with Gasteiger partial charge in [0.25, 0.3) is 0 Å². The van der Waals surface area contributed by atoms with E-state index in [1.165, 1.54) is 18.9 Å². The van der Waals surface area contributed by atoms with Crippen molar-refractivity contribution in [2.45, 2.75) is 5.16 Å². The minimum absolute atomic E-state index is 0.0994. The van der Waals surface area contributed by atoms with Gasteiger partial charge < -0.3 is 23.4 Å². The first kappa shape index (κ1) is 23.2. The average molecular weight is 482 g/mol. The molecule has 34 heavy (non-hydrogen) atoms. The van der Waals surface area contributed by atoms with Gasteiger partial charge in [-0.15, -0.1) is 10.2 Å². The van der Waals surface area contributed by atoms with Gasteiger partial charge in [0.2, 0.25) is 5.82 Å². The van der Waals surface area contributed by atoms with Crippen molar-refractivity contribution in [1.82, 2.24) is 14.8 Å². The maximum Gasteiger partial charge on any atom is 0.205 e. The molecular weight excluding hydrogens is 458 g/mol. The van der Waals surface area contributed by atoms with Gasteiger partial charge in [0.15, 0.2) is 28.2 Å². The van der Waals surface area contributed by atoms with Crippen LogP contribution < -0.4 is 18.9 Å². The fraction of sp³-hybridized carbons (Fsp3) is 0.208. The molecule has 0 N–H and O–H groups in total. The van der Waals surface area contributed by atoms with Crippen LogP contribution in [0.15, 0.2) is 64.4 Å². The Bertz CT molecular complexity index is 1290. The van der Waals surface area contributed by atoms with Gasteiger partial charge in [-0.2, -0.15) is 0 Å². The Hall–Kier alpha value is -3.92. The number of hydrogen-bond acceptors (Lipinski definition) is 9. The number of ether oxygens (including phenoxy) is 4. The lowest BCUT2D eigenvalue weighted by atomic mass is 10.1. The van der Waals surface area contributed by atoms with Crippen LogP contribution in [0.4, 0.5) is 0 Å². The molecule has 0 fully saturated rings. The summed E-state index contributed by atoms with van der Waals surface area (Å²) in [5.41, 5.74) is 1.15. The van der Waals surface area contributed by atoms with Crippen LogP contribution in [0.5, 0.6) is 23.0 Å². The predicted molar refractivity (Wildman–Crippen MR) is 127 cm³/mol. The number of carbonyl (C=O) groups excluding carboxylic acids is 1. The number of methoxy groups -OCH3 is 4. The van der Waals surface area contributed by atoms with Crippen LogP contribution >= 0.6 is 11.8 Å². The molecule has 0 spiro atoms. The van der Waals surface area contributed by atoms with E-state index in [0.717, 1.165) is 0 Å². The second kappa shape index (κ2) is 10.3. The third-order valence-corrected chi connectivity index (χ3v) is 5.97. The number of nitrogens with zero attached hydrogens (tertiary/aromatic N) is 3. The van der Waals surface area contributed by atoms with Gasteiger partial charge in [-0.05, 0) is 42.5 Å². The minimum Gasteiger partial charge on any atom is -0.497 e. The van der Waals surface area contributed by atoms with Gasteiger partial charge in [0.1, 0.15) is 11.5 Å². The summed E-state index contributed by atoms with van der Waals surface area (Å²) in [7, 11) is 6.24. The first-order valence-corrected chi connectivity index (χ1v) is 11.2. The molecule has 176 valence electrons. The largest absolute Gasteiger partial charge is 0.497 e. The van der Waals surface area contributed by atoms with Gasteiger partial charge in [0.05, 0.1) is 46.1 Å². The van der Waals surface area contributed by atoms with Crippen LogP contribution in [0.3, 0.4) is 0 Å². The smallest absolute Gasteiger partial charge is 0.205 e. The molecule has 10 heteroatoms. The lowest BCUT2D eigenvalue weighted by Gasteiger charge is -2.14. The summed E-state index contributed by atoms with van der Waals surface area (Å²) in [4.78, 5) is 13.0. The lowest BCUT2D eigenvalue weighted by Crippen LogP contribution is -2.06. The van der Waals surface area contributed by atoms with E-state index in [4.69, 9.17) is 23.4 Å². The fourth-order valence-electron chi connectivity index (χ4n) is 3.34. The number of aromatic nitrogens is 3. The number of thioether (sulfide) groups is 1. The Morgan fingerprint density at radius 2 is 1.68 bits per heavy atom. The average Bonchev–Trinajstić information content (AvgIpc) is 3.56. The zero-order chi connectivity index (χ0) is 24.1. The number of ketones is 1. The minimum atomic E-state index is -0.0994. The summed E-state index contributed by atoms with van der Waals surface area (Å²) in [6, 6.07) is 14.0. The lowest BCUT2D eigenvalue weighted by molar-refractivity contribution is 0.102. The van der Waals surface area contributed by atoms with Crippen LogP contribution in [-0.2, 0) is 0 Å². The summed E-state index contributed by atoms with van der Waals surface area (Å²) in [6.07, 6.45) is 1.56. The van der Waals surface area contributed by atoms with E-state index >= 15 is 0 Å². The molecule has 0 atom stereocenters. The summed E-state index contributed by atoms with van der Waals surface area (Å²) < 4.78 is 28.9. The third-order valence-electron chi connectivity index (χ3n) is 5.04. The van der Waals surface area contributed by atoms with Crippen molar-refractivity contribution >= 4 is 17.5 Å². The van der Waals surface area contributed by atoms with E-state index in [2.05, 4.69) is 10.2 Å². The topological polar surface area (TPSA) is 97.8 Å². The second-order valence-corrected chi connectivity index (χ2v) is 7.88. The van der Waals surface area contributed by atoms with Gasteiger partial charge >= 0.3 is 0 Å². The molecule has 0 unspecified atom stereocenters. The highest BCUT2D eigenvalue weighted by Gasteiger charge is 2.22. The normalized spacial score (nSPS) is 10.7. The first-order chi connectivity index (χ1) is 16.6. The highest BCUT2D eigenvalue weighted by molar-refractivity contribution is 7.99. The number of hydrogen-bond donors (Lipinski definition) is 0. The summed E-state index contributed by atoms with van der Waals surface area (Å²) >= 11 is 1.25. The van der Waals surface area contributed by atoms with Crippen LogP contribution in [0, 0.1) is 0 Å². The fourth-order valence-corrected chi connectivity index (χ4v) is 4.18. The SMILES string of the molecule is COc1ccc(OC)c(-n2c(SCC(=O)c3ccc(OC)c(OC)c3)nnc2-c2ccco2)c1. The van der Waals surface area contributed by atoms with E-state index in [-0.39, 0.29) is 11.5 Å². The molecule has 0 aliphatic carbocycles. The summed E-state index contributed by atoms with van der Waals surface area (Å²) in [5.74, 6) is 3.28. The molecule has 0 radical (unpaired) electrons. The molecule has 0 aliphatic heterocycles. The van der Waals surface area contributed by atoms with E-state index in [1.54, 1.807) is 74.6 Å². The van der Waals surface area contributed by atoms with Crippen molar-refractivity contribution in [2.75, 3.05) is 34.2 Å². The van der Waals surface area contributed by atoms with Crippen molar-refractivity contribution in [2.24, 2.45) is 0 Å². The molecular formula is C24H23N3O6S. The molecule has 9 nitrogen and oxygen atoms in total. The molecule has 4 rings (SSSR count). The maximum absolute atomic E-state index is 13.0. The highest BCUT2D eigenvalue weighted by atomic mass is 32.2. The second-order valence-electron chi connectivity index (χ2n) is 6.94. The van der Waals surface area contributed by atoms with Gasteiger partial charge in [0, 0.05) is 11.6 Å². The molecule has 4 aromatic rings. The number of rotatable bonds is 10. The maximum atomic E-state index is 13.0. The van der Waals surface area contributed by atoms with Crippen LogP contribution in [-0.4, -0.2) is 54.7 Å². The Morgan fingerprint density at radius 1 is 0.912 bits per heavy atom. The first-order valence-electron chi connectivity index (χ1n) is 10.2. The van der Waals surface area contributed by atoms with E-state index < -0.39 is 0 Å². The van der Waals surface area contributed by atoms with Crippen LogP contribution in [0.25, 0.3) is 17.3 Å². The summed E-state index contributed by atoms with van der Waals surface area (Å²) in [5, 5.41) is 9.14. The Balaban J connectivity index is 1.69. The van der Waals surface area contributed by atoms with Crippen molar-refractivity contribution in [3.05, 3.63) is 60.4 Å². The zero-order valence-electron chi connectivity index (χ0n) is 19.1. The van der Waals surface area contributed by atoms with Crippen LogP contribution in [0.2, 0.25) is 0 Å². The molecule has 0 bridgehead atoms. The summed E-state index contributed by atoms with van der Waals surface area (Å²) in [6.45, 7) is 0. The number of furan rings is 1. The van der Waals surface area contributed by atoms with E-state index in [9.17, 15) is 4.79 Å². The van der Waals surface area contributed by atoms with Crippen molar-refractivity contribution < 1.29 is 28.2 Å². The Morgan fingerprint density at radius 3 is 2.35 bits per heavy atom. The number of Topliss-reactive ketones (excluding diaryl/α,β-unsaturated/α-hetero) is 1. The van der Waals surface area contributed by atoms with Gasteiger partial charge in [-0.3, -0.25) is 9.36 Å². The molecule has 2 aromatic carbocycles. The van der Waals surface area contributed by atoms with Crippen molar-refractivity contribution in [3.8, 4) is 40.3 Å². The Kier molecular flexibility index (Phi) is 7.07.